The molecule has 0 fully saturated rings. The Kier molecular flexibility index (Phi) is 4.74. The second-order valence-corrected chi connectivity index (χ2v) is 5.81. The van der Waals surface area contributed by atoms with Crippen LogP contribution < -0.4 is 11.0 Å². The summed E-state index contributed by atoms with van der Waals surface area (Å²) >= 11 is 0. The number of aromatic nitrogens is 4. The Bertz CT molecular complexity index is 930. The molecule has 0 bridgehead atoms. The Balaban J connectivity index is 1.71. The minimum atomic E-state index is -0.454. The van der Waals surface area contributed by atoms with Gasteiger partial charge < -0.3 is 5.32 Å². The predicted octanol–water partition coefficient (Wildman–Crippen LogP) is 1.61. The first-order chi connectivity index (χ1) is 12.1. The summed E-state index contributed by atoms with van der Waals surface area (Å²) in [6.45, 7) is 3.72. The van der Waals surface area contributed by atoms with Gasteiger partial charge in [-0.3, -0.25) is 4.79 Å². The molecule has 1 heterocycles. The highest BCUT2D eigenvalue weighted by Gasteiger charge is 2.15. The Hall–Kier alpha value is -3.22. The summed E-state index contributed by atoms with van der Waals surface area (Å²) < 4.78 is 2.21. The number of amides is 1. The number of hydrogen-bond acceptors (Lipinski definition) is 4. The van der Waals surface area contributed by atoms with Crippen LogP contribution in [-0.2, 0) is 11.3 Å². The number of carbonyl (C=O) groups excluding carboxylic acids is 1. The molecular weight excluding hydrogens is 318 g/mol. The topological polar surface area (TPSA) is 81.8 Å². The van der Waals surface area contributed by atoms with E-state index in [1.54, 1.807) is 24.3 Å². The lowest BCUT2D eigenvalue weighted by Crippen LogP contribution is -2.35. The summed E-state index contributed by atoms with van der Waals surface area (Å²) in [5, 5.41) is 10.5. The second-order valence-electron chi connectivity index (χ2n) is 5.81. The average molecular weight is 337 g/mol. The van der Waals surface area contributed by atoms with E-state index in [4.69, 9.17) is 0 Å². The molecule has 0 unspecified atom stereocenters. The normalized spacial score (nSPS) is 11.9. The van der Waals surface area contributed by atoms with E-state index in [1.165, 1.54) is 0 Å². The smallest absolute Gasteiger partial charge is 0.348 e. The van der Waals surface area contributed by atoms with Crippen LogP contribution in [0, 0.1) is 6.92 Å². The van der Waals surface area contributed by atoms with Crippen molar-refractivity contribution in [3.63, 3.8) is 0 Å². The van der Waals surface area contributed by atoms with E-state index in [1.807, 2.05) is 44.2 Å². The highest BCUT2D eigenvalue weighted by atomic mass is 16.2. The van der Waals surface area contributed by atoms with Gasteiger partial charge in [0, 0.05) is 0 Å². The predicted molar refractivity (Wildman–Crippen MR) is 93.4 cm³/mol. The van der Waals surface area contributed by atoms with Gasteiger partial charge in [-0.1, -0.05) is 42.5 Å². The molecule has 2 aromatic carbocycles. The molecule has 7 nitrogen and oxygen atoms in total. The van der Waals surface area contributed by atoms with Gasteiger partial charge in [-0.05, 0) is 47.5 Å². The third kappa shape index (κ3) is 3.65. The fraction of sp³-hybridized carbons (Fsp3) is 0.222. The van der Waals surface area contributed by atoms with E-state index in [-0.39, 0.29) is 18.5 Å². The molecule has 0 saturated carbocycles. The molecule has 0 aliphatic carbocycles. The van der Waals surface area contributed by atoms with Crippen molar-refractivity contribution in [2.24, 2.45) is 0 Å². The third-order valence-electron chi connectivity index (χ3n) is 3.97. The van der Waals surface area contributed by atoms with Gasteiger partial charge in [0.25, 0.3) is 0 Å². The number of aryl methyl sites for hydroxylation is 1. The van der Waals surface area contributed by atoms with Crippen molar-refractivity contribution in [2.75, 3.05) is 0 Å². The van der Waals surface area contributed by atoms with Gasteiger partial charge in [0.2, 0.25) is 5.91 Å². The lowest BCUT2D eigenvalue weighted by molar-refractivity contribution is -0.122. The van der Waals surface area contributed by atoms with Crippen LogP contribution in [0.3, 0.4) is 0 Å². The van der Waals surface area contributed by atoms with Crippen molar-refractivity contribution in [2.45, 2.75) is 26.4 Å². The van der Waals surface area contributed by atoms with Crippen molar-refractivity contribution in [3.8, 4) is 5.69 Å². The molecule has 128 valence electrons. The zero-order valence-corrected chi connectivity index (χ0v) is 14.1. The second kappa shape index (κ2) is 7.12. The largest absolute Gasteiger partial charge is 0.368 e. The lowest BCUT2D eigenvalue weighted by Gasteiger charge is -2.16. The molecule has 3 rings (SSSR count). The quantitative estimate of drug-likeness (QED) is 0.767. The SMILES string of the molecule is Cc1ccccc1[C@@H](C)NC(=O)Cn1nnn(-c2ccccc2)c1=O. The number of para-hydroxylation sites is 1. The molecule has 3 aromatic rings. The molecule has 1 atom stereocenters. The van der Waals surface area contributed by atoms with Crippen LogP contribution in [0.25, 0.3) is 5.69 Å². The lowest BCUT2D eigenvalue weighted by atomic mass is 10.0. The molecule has 1 N–H and O–H groups in total. The van der Waals surface area contributed by atoms with E-state index in [9.17, 15) is 9.59 Å². The van der Waals surface area contributed by atoms with Crippen LogP contribution in [0.1, 0.15) is 24.1 Å². The van der Waals surface area contributed by atoms with Crippen molar-refractivity contribution in [1.82, 2.24) is 25.1 Å². The summed E-state index contributed by atoms with van der Waals surface area (Å²) in [6, 6.07) is 16.6. The maximum Gasteiger partial charge on any atom is 0.368 e. The van der Waals surface area contributed by atoms with Gasteiger partial charge in [0.1, 0.15) is 6.54 Å². The zero-order valence-electron chi connectivity index (χ0n) is 14.1. The molecule has 1 aromatic heterocycles. The summed E-state index contributed by atoms with van der Waals surface area (Å²) in [5.41, 5.74) is 2.29. The van der Waals surface area contributed by atoms with Gasteiger partial charge in [0.05, 0.1) is 11.7 Å². The number of carbonyl (C=O) groups is 1. The Labute approximate surface area is 144 Å². The first-order valence-electron chi connectivity index (χ1n) is 7.99. The van der Waals surface area contributed by atoms with Gasteiger partial charge >= 0.3 is 5.69 Å². The number of nitrogens with zero attached hydrogens (tertiary/aromatic N) is 4. The molecule has 25 heavy (non-hydrogen) atoms. The fourth-order valence-electron chi connectivity index (χ4n) is 2.68. The standard InChI is InChI=1S/C18H19N5O2/c1-13-8-6-7-11-16(13)14(2)19-17(24)12-22-18(25)23(21-20-22)15-9-4-3-5-10-15/h3-11,14H,12H2,1-2H3,(H,19,24)/t14-/m1/s1. The molecule has 0 radical (unpaired) electrons. The Morgan fingerprint density at radius 2 is 1.76 bits per heavy atom. The molecule has 0 saturated heterocycles. The first-order valence-corrected chi connectivity index (χ1v) is 7.99. The molecule has 0 spiro atoms. The molecule has 1 amide bonds. The third-order valence-corrected chi connectivity index (χ3v) is 3.97. The van der Waals surface area contributed by atoms with Crippen LogP contribution in [0.5, 0.6) is 0 Å². The Morgan fingerprint density at radius 1 is 1.08 bits per heavy atom. The number of rotatable bonds is 5. The van der Waals surface area contributed by atoms with Crippen LogP contribution in [0.15, 0.2) is 59.4 Å². The van der Waals surface area contributed by atoms with Crippen LogP contribution in [0.2, 0.25) is 0 Å². The van der Waals surface area contributed by atoms with E-state index in [0.717, 1.165) is 20.5 Å². The molecular formula is C18H19N5O2. The summed E-state index contributed by atoms with van der Waals surface area (Å²) in [7, 11) is 0. The maximum atomic E-state index is 12.3. The minimum Gasteiger partial charge on any atom is -0.348 e. The number of hydrogen-bond donors (Lipinski definition) is 1. The highest BCUT2D eigenvalue weighted by molar-refractivity contribution is 5.76. The number of benzene rings is 2. The van der Waals surface area contributed by atoms with Crippen molar-refractivity contribution >= 4 is 5.91 Å². The van der Waals surface area contributed by atoms with Crippen molar-refractivity contribution in [3.05, 3.63) is 76.2 Å². The van der Waals surface area contributed by atoms with E-state index >= 15 is 0 Å². The molecule has 0 aliphatic heterocycles. The monoisotopic (exact) mass is 337 g/mol. The van der Waals surface area contributed by atoms with Crippen LogP contribution in [-0.4, -0.2) is 25.7 Å². The van der Waals surface area contributed by atoms with Crippen molar-refractivity contribution < 1.29 is 4.79 Å². The van der Waals surface area contributed by atoms with Crippen molar-refractivity contribution in [1.29, 1.82) is 0 Å². The van der Waals surface area contributed by atoms with Gasteiger partial charge in [-0.25, -0.2) is 4.79 Å². The van der Waals surface area contributed by atoms with Crippen LogP contribution >= 0.6 is 0 Å². The number of tetrazole rings is 1. The first kappa shape index (κ1) is 16.6. The van der Waals surface area contributed by atoms with E-state index in [2.05, 4.69) is 15.7 Å². The zero-order chi connectivity index (χ0) is 17.8. The summed E-state index contributed by atoms with van der Waals surface area (Å²) in [6.07, 6.45) is 0. The van der Waals surface area contributed by atoms with Gasteiger partial charge in [-0.2, -0.15) is 9.36 Å². The Morgan fingerprint density at radius 3 is 2.48 bits per heavy atom. The summed E-state index contributed by atoms with van der Waals surface area (Å²) in [5.74, 6) is -0.294. The van der Waals surface area contributed by atoms with Gasteiger partial charge in [0.15, 0.2) is 0 Å². The van der Waals surface area contributed by atoms with E-state index in [0.29, 0.717) is 5.69 Å². The summed E-state index contributed by atoms with van der Waals surface area (Å²) in [4.78, 5) is 24.6. The average Bonchev–Trinajstić information content (AvgIpc) is 2.96. The fourth-order valence-corrected chi connectivity index (χ4v) is 2.68. The number of nitrogens with one attached hydrogen (secondary N) is 1. The highest BCUT2D eigenvalue weighted by Crippen LogP contribution is 2.16. The minimum absolute atomic E-state index is 0.159. The molecule has 0 aliphatic rings. The molecule has 7 heteroatoms. The maximum absolute atomic E-state index is 12.3. The van der Waals surface area contributed by atoms with Gasteiger partial charge in [-0.15, -0.1) is 0 Å². The van der Waals surface area contributed by atoms with Crippen LogP contribution in [0.4, 0.5) is 0 Å². The van der Waals surface area contributed by atoms with E-state index < -0.39 is 5.69 Å².